The van der Waals surface area contributed by atoms with Gasteiger partial charge in [-0.1, -0.05) is 21.6 Å². The van der Waals surface area contributed by atoms with Crippen LogP contribution in [-0.4, -0.2) is 61.4 Å². The van der Waals surface area contributed by atoms with E-state index >= 15 is 0 Å². The first kappa shape index (κ1) is 19.2. The van der Waals surface area contributed by atoms with Crippen molar-refractivity contribution in [2.75, 3.05) is 38.8 Å². The Morgan fingerprint density at radius 1 is 1.20 bits per heavy atom. The predicted molar refractivity (Wildman–Crippen MR) is 84.2 cm³/mol. The molecule has 0 aliphatic rings. The van der Waals surface area contributed by atoms with E-state index in [-0.39, 0.29) is 6.09 Å². The molecule has 0 saturated carbocycles. The quantitative estimate of drug-likeness (QED) is 0.573. The maximum absolute atomic E-state index is 11.7. The van der Waals surface area contributed by atoms with Gasteiger partial charge in [0.25, 0.3) is 0 Å². The van der Waals surface area contributed by atoms with E-state index in [1.807, 2.05) is 20.8 Å². The molecule has 118 valence electrons. The first-order chi connectivity index (χ1) is 9.26. The molecule has 0 aromatic carbocycles. The molecule has 0 unspecified atom stereocenters. The Balaban J connectivity index is 3.55. The van der Waals surface area contributed by atoms with Crippen LogP contribution in [-0.2, 0) is 9.47 Å². The van der Waals surface area contributed by atoms with Gasteiger partial charge < -0.3 is 19.7 Å². The molecule has 0 rings (SSSR count). The zero-order chi connectivity index (χ0) is 15.6. The highest BCUT2D eigenvalue weighted by Gasteiger charge is 2.19. The molecule has 0 fully saturated rings. The molecule has 20 heavy (non-hydrogen) atoms. The smallest absolute Gasteiger partial charge is 0.410 e. The summed E-state index contributed by atoms with van der Waals surface area (Å²) in [4.78, 5) is 24.0. The Bertz CT molecular complexity index is 308. The summed E-state index contributed by atoms with van der Waals surface area (Å²) in [6.07, 6.45) is -0.730. The van der Waals surface area contributed by atoms with Crippen molar-refractivity contribution < 1.29 is 19.1 Å². The Hall–Kier alpha value is -0.760. The molecule has 1 N–H and O–H groups in total. The minimum Gasteiger partial charge on any atom is -0.449 e. The highest BCUT2D eigenvalue weighted by Crippen LogP contribution is 2.20. The summed E-state index contributed by atoms with van der Waals surface area (Å²) in [5, 5.41) is 2.38. The van der Waals surface area contributed by atoms with Crippen LogP contribution in [0.2, 0.25) is 0 Å². The van der Waals surface area contributed by atoms with Crippen molar-refractivity contribution in [3.63, 3.8) is 0 Å². The normalized spacial score (nSPS) is 10.8. The predicted octanol–water partition coefficient (Wildman–Crippen LogP) is 2.59. The number of hydrogen-bond donors (Lipinski definition) is 1. The molecule has 0 aromatic heterocycles. The lowest BCUT2D eigenvalue weighted by molar-refractivity contribution is 0.0309. The van der Waals surface area contributed by atoms with Gasteiger partial charge in [-0.25, -0.2) is 9.59 Å². The second-order valence-corrected chi connectivity index (χ2v) is 7.63. The molecule has 0 bridgehead atoms. The third-order valence-corrected chi connectivity index (χ3v) is 4.25. The highest BCUT2D eigenvalue weighted by molar-refractivity contribution is 8.76. The largest absolute Gasteiger partial charge is 0.449 e. The fourth-order valence-electron chi connectivity index (χ4n) is 0.964. The summed E-state index contributed by atoms with van der Waals surface area (Å²) < 4.78 is 10.1. The van der Waals surface area contributed by atoms with Gasteiger partial charge in [-0.3, -0.25) is 0 Å². The van der Waals surface area contributed by atoms with Crippen LogP contribution in [0.4, 0.5) is 9.59 Å². The molecule has 6 nitrogen and oxygen atoms in total. The van der Waals surface area contributed by atoms with Gasteiger partial charge in [-0.05, 0) is 20.8 Å². The van der Waals surface area contributed by atoms with Crippen LogP contribution in [0.5, 0.6) is 0 Å². The molecule has 0 aromatic rings. The van der Waals surface area contributed by atoms with Crippen molar-refractivity contribution in [2.45, 2.75) is 26.4 Å². The monoisotopic (exact) mass is 324 g/mol. The number of nitrogens with one attached hydrogen (secondary N) is 1. The fraction of sp³-hybridized carbons (Fsp3) is 0.833. The van der Waals surface area contributed by atoms with Gasteiger partial charge in [-0.15, -0.1) is 0 Å². The SMILES string of the molecule is CNC(=O)OCCSSCCN(C)C(=O)OC(C)(C)C. The fourth-order valence-corrected chi connectivity index (χ4v) is 2.83. The summed E-state index contributed by atoms with van der Waals surface area (Å²) >= 11 is 0. The van der Waals surface area contributed by atoms with Gasteiger partial charge in [0.2, 0.25) is 0 Å². The lowest BCUT2D eigenvalue weighted by atomic mass is 10.2. The van der Waals surface area contributed by atoms with E-state index in [2.05, 4.69) is 5.32 Å². The van der Waals surface area contributed by atoms with Crippen LogP contribution in [0.25, 0.3) is 0 Å². The summed E-state index contributed by atoms with van der Waals surface area (Å²) in [5.41, 5.74) is -0.468. The molecule has 0 saturated heterocycles. The third-order valence-electron chi connectivity index (χ3n) is 1.90. The minimum absolute atomic E-state index is 0.314. The van der Waals surface area contributed by atoms with E-state index in [0.29, 0.717) is 18.9 Å². The molecule has 0 radical (unpaired) electrons. The molecular weight excluding hydrogens is 300 g/mol. The van der Waals surface area contributed by atoms with Crippen molar-refractivity contribution in [1.82, 2.24) is 10.2 Å². The molecule has 0 heterocycles. The molecular formula is C12H24N2O4S2. The molecule has 0 spiro atoms. The van der Waals surface area contributed by atoms with Crippen LogP contribution in [0, 0.1) is 0 Å². The number of ether oxygens (including phenoxy) is 2. The minimum atomic E-state index is -0.468. The molecule has 0 atom stereocenters. The number of carbonyl (C=O) groups excluding carboxylic acids is 2. The van der Waals surface area contributed by atoms with E-state index < -0.39 is 11.7 Å². The van der Waals surface area contributed by atoms with E-state index in [0.717, 1.165) is 5.75 Å². The van der Waals surface area contributed by atoms with E-state index in [9.17, 15) is 9.59 Å². The number of hydrogen-bond acceptors (Lipinski definition) is 6. The Morgan fingerprint density at radius 2 is 1.80 bits per heavy atom. The van der Waals surface area contributed by atoms with E-state index in [4.69, 9.17) is 9.47 Å². The Kier molecular flexibility index (Phi) is 9.66. The van der Waals surface area contributed by atoms with E-state index in [1.165, 1.54) is 7.05 Å². The highest BCUT2D eigenvalue weighted by atomic mass is 33.1. The maximum Gasteiger partial charge on any atom is 0.410 e. The lowest BCUT2D eigenvalue weighted by Gasteiger charge is -2.24. The van der Waals surface area contributed by atoms with Crippen molar-refractivity contribution in [2.24, 2.45) is 0 Å². The van der Waals surface area contributed by atoms with Crippen LogP contribution >= 0.6 is 21.6 Å². The first-order valence-corrected chi connectivity index (χ1v) is 8.78. The molecule has 0 aliphatic heterocycles. The second kappa shape index (κ2) is 10.0. The van der Waals surface area contributed by atoms with Gasteiger partial charge in [0.1, 0.15) is 12.2 Å². The average molecular weight is 324 g/mol. The zero-order valence-electron chi connectivity index (χ0n) is 12.7. The van der Waals surface area contributed by atoms with Gasteiger partial charge in [0, 0.05) is 32.1 Å². The van der Waals surface area contributed by atoms with Gasteiger partial charge >= 0.3 is 12.2 Å². The molecule has 2 amide bonds. The Labute approximate surface area is 128 Å². The standard InChI is InChI=1S/C12H24N2O4S2/c1-12(2,3)18-11(16)14(5)6-8-19-20-9-7-17-10(15)13-4/h6-9H2,1-5H3,(H,13,15). The first-order valence-electron chi connectivity index (χ1n) is 6.29. The number of amides is 2. The van der Waals surface area contributed by atoms with Crippen molar-refractivity contribution in [1.29, 1.82) is 0 Å². The Morgan fingerprint density at radius 3 is 2.35 bits per heavy atom. The van der Waals surface area contributed by atoms with Crippen LogP contribution in [0.1, 0.15) is 20.8 Å². The zero-order valence-corrected chi connectivity index (χ0v) is 14.4. The molecule has 0 aliphatic carbocycles. The summed E-state index contributed by atoms with van der Waals surface area (Å²) in [7, 11) is 6.48. The van der Waals surface area contributed by atoms with Crippen molar-refractivity contribution in [3.05, 3.63) is 0 Å². The number of alkyl carbamates (subject to hydrolysis) is 1. The van der Waals surface area contributed by atoms with Gasteiger partial charge in [0.15, 0.2) is 0 Å². The summed E-state index contributed by atoms with van der Waals surface area (Å²) in [5.74, 6) is 1.51. The lowest BCUT2D eigenvalue weighted by Crippen LogP contribution is -2.35. The summed E-state index contributed by atoms with van der Waals surface area (Å²) in [6.45, 7) is 6.52. The topological polar surface area (TPSA) is 67.9 Å². The van der Waals surface area contributed by atoms with Crippen LogP contribution < -0.4 is 5.32 Å². The van der Waals surface area contributed by atoms with Crippen molar-refractivity contribution >= 4 is 33.8 Å². The average Bonchev–Trinajstić information content (AvgIpc) is 2.34. The third kappa shape index (κ3) is 11.1. The van der Waals surface area contributed by atoms with E-state index in [1.54, 1.807) is 33.5 Å². The van der Waals surface area contributed by atoms with Gasteiger partial charge in [0.05, 0.1) is 0 Å². The van der Waals surface area contributed by atoms with Crippen LogP contribution in [0.15, 0.2) is 0 Å². The van der Waals surface area contributed by atoms with Gasteiger partial charge in [-0.2, -0.15) is 0 Å². The molecule has 8 heteroatoms. The summed E-state index contributed by atoms with van der Waals surface area (Å²) in [6, 6.07) is 0. The number of carbonyl (C=O) groups is 2. The maximum atomic E-state index is 11.7. The van der Waals surface area contributed by atoms with Crippen molar-refractivity contribution in [3.8, 4) is 0 Å². The number of rotatable bonds is 7. The number of nitrogens with zero attached hydrogens (tertiary/aromatic N) is 1. The second-order valence-electron chi connectivity index (χ2n) is 4.93. The van der Waals surface area contributed by atoms with Crippen LogP contribution in [0.3, 0.4) is 0 Å².